The van der Waals surface area contributed by atoms with Crippen molar-refractivity contribution < 1.29 is 4.39 Å². The van der Waals surface area contributed by atoms with Crippen LogP contribution in [0.3, 0.4) is 0 Å². The van der Waals surface area contributed by atoms with Gasteiger partial charge in [0.05, 0.1) is 36.6 Å². The molecule has 0 saturated heterocycles. The molecule has 0 unspecified atom stereocenters. The zero-order valence-corrected chi connectivity index (χ0v) is 15.1. The number of rotatable bonds is 2. The molecule has 21 heavy (non-hydrogen) atoms. The second kappa shape index (κ2) is 5.88. The average Bonchev–Trinajstić information content (AvgIpc) is 2.80. The number of hydrogen-bond acceptors (Lipinski definition) is 1. The number of fused-ring (bicyclic) bond motifs is 1. The average molecular weight is 453 g/mol. The van der Waals surface area contributed by atoms with E-state index in [-0.39, 0.29) is 11.7 Å². The van der Waals surface area contributed by atoms with E-state index in [0.29, 0.717) is 20.8 Å². The lowest BCUT2D eigenvalue weighted by molar-refractivity contribution is 0.623. The van der Waals surface area contributed by atoms with Crippen molar-refractivity contribution in [2.24, 2.45) is 0 Å². The summed E-state index contributed by atoms with van der Waals surface area (Å²) in [6.45, 7) is 0. The van der Waals surface area contributed by atoms with Gasteiger partial charge < -0.3 is 0 Å². The maximum Gasteiger partial charge on any atom is 0.139 e. The Bertz CT molecular complexity index is 849. The number of imidazole rings is 1. The third-order valence-electron chi connectivity index (χ3n) is 3.06. The molecule has 1 aromatic heterocycles. The molecule has 0 amide bonds. The second-order valence-electron chi connectivity index (χ2n) is 4.33. The SMILES string of the molecule is Fc1cc2nc(CCl)n(-c3cccc(Cl)c3Br)c2cc1Br. The molecule has 0 fully saturated rings. The van der Waals surface area contributed by atoms with Crippen molar-refractivity contribution in [2.45, 2.75) is 5.88 Å². The molecule has 108 valence electrons. The molecule has 3 rings (SSSR count). The van der Waals surface area contributed by atoms with Gasteiger partial charge in [-0.3, -0.25) is 4.57 Å². The van der Waals surface area contributed by atoms with Crippen LogP contribution in [0.1, 0.15) is 5.82 Å². The minimum absolute atomic E-state index is 0.201. The Hall–Kier alpha value is -0.620. The highest BCUT2D eigenvalue weighted by molar-refractivity contribution is 9.11. The molecular formula is C14H7Br2Cl2FN2. The van der Waals surface area contributed by atoms with Crippen LogP contribution in [0, 0.1) is 5.82 Å². The highest BCUT2D eigenvalue weighted by Crippen LogP contribution is 2.34. The van der Waals surface area contributed by atoms with E-state index in [9.17, 15) is 4.39 Å². The first-order valence-electron chi connectivity index (χ1n) is 5.89. The van der Waals surface area contributed by atoms with E-state index in [0.717, 1.165) is 15.7 Å². The van der Waals surface area contributed by atoms with E-state index in [1.165, 1.54) is 6.07 Å². The lowest BCUT2D eigenvalue weighted by Gasteiger charge is -2.11. The van der Waals surface area contributed by atoms with Gasteiger partial charge in [0.2, 0.25) is 0 Å². The van der Waals surface area contributed by atoms with Gasteiger partial charge in [-0.2, -0.15) is 0 Å². The van der Waals surface area contributed by atoms with E-state index in [1.807, 2.05) is 16.7 Å². The molecule has 7 heteroatoms. The number of alkyl halides is 1. The van der Waals surface area contributed by atoms with Crippen molar-refractivity contribution in [3.63, 3.8) is 0 Å². The van der Waals surface area contributed by atoms with Crippen LogP contribution in [0.25, 0.3) is 16.7 Å². The van der Waals surface area contributed by atoms with Gasteiger partial charge in [0, 0.05) is 6.07 Å². The van der Waals surface area contributed by atoms with Gasteiger partial charge in [-0.05, 0) is 50.1 Å². The third kappa shape index (κ3) is 2.61. The maximum absolute atomic E-state index is 13.7. The zero-order chi connectivity index (χ0) is 15.1. The Balaban J connectivity index is 2.40. The molecule has 0 aliphatic rings. The van der Waals surface area contributed by atoms with Crippen molar-refractivity contribution in [3.8, 4) is 5.69 Å². The Morgan fingerprint density at radius 2 is 2.00 bits per heavy atom. The molecule has 0 N–H and O–H groups in total. The fourth-order valence-corrected chi connectivity index (χ4v) is 3.27. The van der Waals surface area contributed by atoms with E-state index in [4.69, 9.17) is 23.2 Å². The van der Waals surface area contributed by atoms with Gasteiger partial charge in [0.1, 0.15) is 11.6 Å². The summed E-state index contributed by atoms with van der Waals surface area (Å²) in [5.41, 5.74) is 2.10. The van der Waals surface area contributed by atoms with Crippen LogP contribution in [0.2, 0.25) is 5.02 Å². The third-order valence-corrected chi connectivity index (χ3v) is 5.28. The fourth-order valence-electron chi connectivity index (χ4n) is 2.15. The van der Waals surface area contributed by atoms with Crippen molar-refractivity contribution in [1.82, 2.24) is 9.55 Å². The lowest BCUT2D eigenvalue weighted by atomic mass is 10.2. The predicted molar refractivity (Wildman–Crippen MR) is 91.0 cm³/mol. The van der Waals surface area contributed by atoms with Crippen LogP contribution in [0.5, 0.6) is 0 Å². The van der Waals surface area contributed by atoms with Crippen molar-refractivity contribution in [3.05, 3.63) is 55.9 Å². The summed E-state index contributed by atoms with van der Waals surface area (Å²) in [5.74, 6) is 0.456. The molecule has 0 aliphatic heterocycles. The van der Waals surface area contributed by atoms with E-state index < -0.39 is 0 Å². The summed E-state index contributed by atoms with van der Waals surface area (Å²) in [6.07, 6.45) is 0. The first-order valence-corrected chi connectivity index (χ1v) is 8.39. The van der Waals surface area contributed by atoms with E-state index in [1.54, 1.807) is 12.1 Å². The zero-order valence-electron chi connectivity index (χ0n) is 10.4. The van der Waals surface area contributed by atoms with Crippen molar-refractivity contribution in [1.29, 1.82) is 0 Å². The molecule has 0 saturated carbocycles. The number of aromatic nitrogens is 2. The van der Waals surface area contributed by atoms with Crippen LogP contribution in [-0.4, -0.2) is 9.55 Å². The molecule has 3 aromatic rings. The monoisotopic (exact) mass is 450 g/mol. The molecule has 2 aromatic carbocycles. The lowest BCUT2D eigenvalue weighted by Crippen LogP contribution is -2.00. The van der Waals surface area contributed by atoms with Gasteiger partial charge in [0.15, 0.2) is 0 Å². The van der Waals surface area contributed by atoms with Gasteiger partial charge in [-0.15, -0.1) is 11.6 Å². The summed E-state index contributed by atoms with van der Waals surface area (Å²) in [6, 6.07) is 8.57. The Kier molecular flexibility index (Phi) is 4.28. The van der Waals surface area contributed by atoms with Crippen LogP contribution in [0.15, 0.2) is 39.3 Å². The first-order chi connectivity index (χ1) is 10.0. The van der Waals surface area contributed by atoms with Gasteiger partial charge >= 0.3 is 0 Å². The van der Waals surface area contributed by atoms with Crippen LogP contribution >= 0.6 is 55.1 Å². The normalized spacial score (nSPS) is 11.3. The van der Waals surface area contributed by atoms with E-state index >= 15 is 0 Å². The number of hydrogen-bond donors (Lipinski definition) is 0. The Labute approximate surface area is 147 Å². The Morgan fingerprint density at radius 1 is 1.24 bits per heavy atom. The van der Waals surface area contributed by atoms with Crippen LogP contribution in [0.4, 0.5) is 4.39 Å². The smallest absolute Gasteiger partial charge is 0.139 e. The molecule has 1 heterocycles. The standard InChI is InChI=1S/C14H7Br2Cl2FN2/c15-7-4-12-10(5-9(7)19)20-13(6-17)21(12)11-3-1-2-8(18)14(11)16/h1-5H,6H2. The molecule has 2 nitrogen and oxygen atoms in total. The highest BCUT2D eigenvalue weighted by atomic mass is 79.9. The predicted octanol–water partition coefficient (Wildman–Crippen LogP) is 6.08. The minimum atomic E-state index is -0.363. The first kappa shape index (κ1) is 15.3. The molecule has 0 aliphatic carbocycles. The largest absolute Gasteiger partial charge is 0.294 e. The van der Waals surface area contributed by atoms with Gasteiger partial charge in [-0.1, -0.05) is 17.7 Å². The van der Waals surface area contributed by atoms with E-state index in [2.05, 4.69) is 36.8 Å². The molecule has 0 radical (unpaired) electrons. The fraction of sp³-hybridized carbons (Fsp3) is 0.0714. The topological polar surface area (TPSA) is 17.8 Å². The maximum atomic E-state index is 13.7. The highest BCUT2D eigenvalue weighted by Gasteiger charge is 2.17. The Morgan fingerprint density at radius 3 is 2.71 bits per heavy atom. The summed E-state index contributed by atoms with van der Waals surface area (Å²) in [5, 5.41) is 0.580. The van der Waals surface area contributed by atoms with Crippen LogP contribution < -0.4 is 0 Å². The summed E-state index contributed by atoms with van der Waals surface area (Å²) >= 11 is 18.8. The quantitative estimate of drug-likeness (QED) is 0.431. The summed E-state index contributed by atoms with van der Waals surface area (Å²) in [7, 11) is 0. The molecular weight excluding hydrogens is 446 g/mol. The van der Waals surface area contributed by atoms with Crippen LogP contribution in [-0.2, 0) is 5.88 Å². The second-order valence-corrected chi connectivity index (χ2v) is 6.65. The number of nitrogens with zero attached hydrogens (tertiary/aromatic N) is 2. The molecule has 0 spiro atoms. The van der Waals surface area contributed by atoms with Gasteiger partial charge in [0.25, 0.3) is 0 Å². The summed E-state index contributed by atoms with van der Waals surface area (Å²) < 4.78 is 16.6. The number of halogens is 5. The molecule has 0 atom stereocenters. The van der Waals surface area contributed by atoms with Crippen molar-refractivity contribution >= 4 is 66.1 Å². The molecule has 0 bridgehead atoms. The summed E-state index contributed by atoms with van der Waals surface area (Å²) in [4.78, 5) is 4.39. The minimum Gasteiger partial charge on any atom is -0.294 e. The van der Waals surface area contributed by atoms with Gasteiger partial charge in [-0.25, -0.2) is 9.37 Å². The van der Waals surface area contributed by atoms with Crippen molar-refractivity contribution in [2.75, 3.05) is 0 Å². The number of benzene rings is 2.